The van der Waals surface area contributed by atoms with Gasteiger partial charge in [0.15, 0.2) is 0 Å². The van der Waals surface area contributed by atoms with Gasteiger partial charge < -0.3 is 16.0 Å². The molecule has 0 radical (unpaired) electrons. The molecule has 1 aromatic heterocycles. The number of fused-ring (bicyclic) bond motifs is 1. The summed E-state index contributed by atoms with van der Waals surface area (Å²) in [5.74, 6) is -0.196. The molecule has 0 bridgehead atoms. The predicted octanol–water partition coefficient (Wildman–Crippen LogP) is 4.19. The average molecular weight is 439 g/mol. The van der Waals surface area contributed by atoms with Crippen LogP contribution in [0.25, 0.3) is 10.8 Å². The Hall–Kier alpha value is -4.03. The van der Waals surface area contributed by atoms with Crippen molar-refractivity contribution in [2.24, 2.45) is 5.73 Å². The fourth-order valence-electron chi connectivity index (χ4n) is 3.77. The molecule has 0 aliphatic heterocycles. The smallest absolute Gasteiger partial charge is 0.255 e. The third-order valence-corrected chi connectivity index (χ3v) is 5.66. The molecule has 0 saturated carbocycles. The highest BCUT2D eigenvalue weighted by Crippen LogP contribution is 2.20. The van der Waals surface area contributed by atoms with Gasteiger partial charge in [0.2, 0.25) is 5.91 Å². The number of rotatable bonds is 7. The second-order valence-corrected chi connectivity index (χ2v) is 8.01. The second-order valence-electron chi connectivity index (χ2n) is 8.01. The molecule has 0 saturated heterocycles. The Labute approximate surface area is 193 Å². The Balaban J connectivity index is 1.36. The normalized spacial score (nSPS) is 11.7. The van der Waals surface area contributed by atoms with Gasteiger partial charge in [-0.25, -0.2) is 0 Å². The molecule has 3 aromatic carbocycles. The number of likely N-dealkylation sites (N-methyl/N-ethyl adjacent to an activating group) is 1. The minimum atomic E-state index is -0.358. The van der Waals surface area contributed by atoms with E-state index in [9.17, 15) is 9.59 Å². The average Bonchev–Trinajstić information content (AvgIpc) is 2.85. The van der Waals surface area contributed by atoms with Crippen LogP contribution in [0.1, 0.15) is 27.5 Å². The van der Waals surface area contributed by atoms with Gasteiger partial charge in [0, 0.05) is 43.3 Å². The van der Waals surface area contributed by atoms with E-state index in [1.807, 2.05) is 54.6 Å². The zero-order chi connectivity index (χ0) is 23.2. The number of pyridine rings is 1. The molecule has 6 heteroatoms. The van der Waals surface area contributed by atoms with Gasteiger partial charge in [-0.3, -0.25) is 14.6 Å². The molecule has 0 spiro atoms. The molecule has 6 nitrogen and oxygen atoms in total. The van der Waals surface area contributed by atoms with Crippen LogP contribution in [-0.2, 0) is 11.2 Å². The van der Waals surface area contributed by atoms with Crippen molar-refractivity contribution >= 4 is 28.3 Å². The summed E-state index contributed by atoms with van der Waals surface area (Å²) in [6.07, 6.45) is 3.56. The Kier molecular flexibility index (Phi) is 6.76. The van der Waals surface area contributed by atoms with Crippen molar-refractivity contribution in [2.75, 3.05) is 18.9 Å². The number of benzene rings is 3. The van der Waals surface area contributed by atoms with E-state index >= 15 is 0 Å². The van der Waals surface area contributed by atoms with Gasteiger partial charge in [0.1, 0.15) is 0 Å². The standard InChI is InChI=1S/C27H26N4O2/c1-31(26(32)17-22-7-4-6-19-5-2-3-8-24(19)22)18-25(28)20-9-11-21(12-10-20)27(33)30-23-13-15-29-16-14-23/h2-16,25H,17-18,28H2,1H3,(H,29,30,33). The van der Waals surface area contributed by atoms with Crippen molar-refractivity contribution < 1.29 is 9.59 Å². The lowest BCUT2D eigenvalue weighted by atomic mass is 10.0. The maximum Gasteiger partial charge on any atom is 0.255 e. The van der Waals surface area contributed by atoms with E-state index in [0.717, 1.165) is 21.9 Å². The van der Waals surface area contributed by atoms with Crippen molar-refractivity contribution in [3.63, 3.8) is 0 Å². The van der Waals surface area contributed by atoms with Gasteiger partial charge in [-0.2, -0.15) is 0 Å². The summed E-state index contributed by atoms with van der Waals surface area (Å²) in [7, 11) is 1.77. The van der Waals surface area contributed by atoms with Crippen LogP contribution in [0, 0.1) is 0 Å². The quantitative estimate of drug-likeness (QED) is 0.453. The number of aromatic nitrogens is 1. The number of nitrogens with zero attached hydrogens (tertiary/aromatic N) is 2. The first-order chi connectivity index (χ1) is 16.0. The number of carbonyl (C=O) groups is 2. The van der Waals surface area contributed by atoms with E-state index in [1.165, 1.54) is 0 Å². The SMILES string of the molecule is CN(CC(N)c1ccc(C(=O)Nc2ccncc2)cc1)C(=O)Cc1cccc2ccccc12. The molecule has 4 rings (SSSR count). The van der Waals surface area contributed by atoms with Gasteiger partial charge in [0.25, 0.3) is 5.91 Å². The number of amides is 2. The molecule has 33 heavy (non-hydrogen) atoms. The van der Waals surface area contributed by atoms with Gasteiger partial charge in [-0.1, -0.05) is 54.6 Å². The van der Waals surface area contributed by atoms with Gasteiger partial charge in [-0.05, 0) is 46.2 Å². The van der Waals surface area contributed by atoms with E-state index < -0.39 is 0 Å². The van der Waals surface area contributed by atoms with Crippen molar-refractivity contribution in [1.82, 2.24) is 9.88 Å². The highest BCUT2D eigenvalue weighted by Gasteiger charge is 2.16. The summed E-state index contributed by atoms with van der Waals surface area (Å²) in [5, 5.41) is 5.04. The van der Waals surface area contributed by atoms with E-state index in [4.69, 9.17) is 5.73 Å². The number of nitrogens with one attached hydrogen (secondary N) is 1. The van der Waals surface area contributed by atoms with E-state index in [0.29, 0.717) is 24.2 Å². The number of carbonyl (C=O) groups excluding carboxylic acids is 2. The molecule has 0 fully saturated rings. The lowest BCUT2D eigenvalue weighted by Gasteiger charge is -2.22. The zero-order valence-electron chi connectivity index (χ0n) is 18.4. The zero-order valence-corrected chi connectivity index (χ0v) is 18.4. The van der Waals surface area contributed by atoms with Crippen molar-refractivity contribution in [1.29, 1.82) is 0 Å². The molecule has 1 heterocycles. The molecule has 1 atom stereocenters. The summed E-state index contributed by atoms with van der Waals surface area (Å²) < 4.78 is 0. The molecule has 0 aliphatic rings. The minimum absolute atomic E-state index is 0.00940. The first-order valence-electron chi connectivity index (χ1n) is 10.8. The Bertz CT molecular complexity index is 1250. The fraction of sp³-hybridized carbons (Fsp3) is 0.148. The summed E-state index contributed by atoms with van der Waals surface area (Å²) in [4.78, 5) is 30.9. The van der Waals surface area contributed by atoms with Crippen LogP contribution < -0.4 is 11.1 Å². The largest absolute Gasteiger partial charge is 0.344 e. The monoisotopic (exact) mass is 438 g/mol. The Morgan fingerprint density at radius 2 is 1.64 bits per heavy atom. The van der Waals surface area contributed by atoms with Crippen LogP contribution in [0.3, 0.4) is 0 Å². The lowest BCUT2D eigenvalue weighted by Crippen LogP contribution is -2.35. The third kappa shape index (κ3) is 5.42. The third-order valence-electron chi connectivity index (χ3n) is 5.66. The van der Waals surface area contributed by atoms with Crippen molar-refractivity contribution in [3.8, 4) is 0 Å². The van der Waals surface area contributed by atoms with Crippen LogP contribution in [0.15, 0.2) is 91.3 Å². The maximum absolute atomic E-state index is 12.9. The number of anilines is 1. The Morgan fingerprint density at radius 1 is 0.939 bits per heavy atom. The number of hydrogen-bond donors (Lipinski definition) is 2. The van der Waals surface area contributed by atoms with E-state index in [2.05, 4.69) is 10.3 Å². The van der Waals surface area contributed by atoms with Crippen molar-refractivity contribution in [2.45, 2.75) is 12.5 Å². The Morgan fingerprint density at radius 3 is 2.39 bits per heavy atom. The molecule has 3 N–H and O–H groups in total. The molecule has 0 aliphatic carbocycles. The molecule has 2 amide bonds. The van der Waals surface area contributed by atoms with Crippen LogP contribution in [-0.4, -0.2) is 35.3 Å². The van der Waals surface area contributed by atoms with Crippen LogP contribution in [0.5, 0.6) is 0 Å². The molecule has 1 unspecified atom stereocenters. The topological polar surface area (TPSA) is 88.3 Å². The lowest BCUT2D eigenvalue weighted by molar-refractivity contribution is -0.129. The first kappa shape index (κ1) is 22.2. The summed E-state index contributed by atoms with van der Waals surface area (Å²) in [5.41, 5.74) is 9.44. The van der Waals surface area contributed by atoms with E-state index in [-0.39, 0.29) is 17.9 Å². The highest BCUT2D eigenvalue weighted by molar-refractivity contribution is 6.04. The molecular weight excluding hydrogens is 412 g/mol. The van der Waals surface area contributed by atoms with E-state index in [1.54, 1.807) is 48.6 Å². The number of nitrogens with two attached hydrogens (primary N) is 1. The van der Waals surface area contributed by atoms with Gasteiger partial charge in [0.05, 0.1) is 6.42 Å². The van der Waals surface area contributed by atoms with Crippen LogP contribution >= 0.6 is 0 Å². The van der Waals surface area contributed by atoms with Crippen LogP contribution in [0.4, 0.5) is 5.69 Å². The van der Waals surface area contributed by atoms with Crippen molar-refractivity contribution in [3.05, 3.63) is 108 Å². The second kappa shape index (κ2) is 10.1. The first-order valence-corrected chi connectivity index (χ1v) is 10.8. The molecular formula is C27H26N4O2. The number of hydrogen-bond acceptors (Lipinski definition) is 4. The predicted molar refractivity (Wildman–Crippen MR) is 131 cm³/mol. The summed E-state index contributed by atoms with van der Waals surface area (Å²) in [6, 6.07) is 24.3. The van der Waals surface area contributed by atoms with Crippen LogP contribution in [0.2, 0.25) is 0 Å². The highest BCUT2D eigenvalue weighted by atomic mass is 16.2. The van der Waals surface area contributed by atoms with Gasteiger partial charge >= 0.3 is 0 Å². The minimum Gasteiger partial charge on any atom is -0.344 e. The maximum atomic E-state index is 12.9. The fourth-order valence-corrected chi connectivity index (χ4v) is 3.77. The molecule has 4 aromatic rings. The summed E-state index contributed by atoms with van der Waals surface area (Å²) >= 11 is 0. The van der Waals surface area contributed by atoms with Gasteiger partial charge in [-0.15, -0.1) is 0 Å². The summed E-state index contributed by atoms with van der Waals surface area (Å²) in [6.45, 7) is 0.381. The molecule has 166 valence electrons.